The van der Waals surface area contributed by atoms with E-state index in [-0.39, 0.29) is 18.7 Å². The van der Waals surface area contributed by atoms with Crippen molar-refractivity contribution in [2.45, 2.75) is 25.8 Å². The number of hydrogen-bond donors (Lipinski definition) is 2. The molecule has 1 saturated heterocycles. The number of aromatic amines is 2. The number of pyridine rings is 3. The van der Waals surface area contributed by atoms with Gasteiger partial charge in [0.15, 0.2) is 5.78 Å². The van der Waals surface area contributed by atoms with E-state index in [9.17, 15) is 13.6 Å². The molecule has 7 heterocycles. The van der Waals surface area contributed by atoms with Crippen LogP contribution in [0, 0.1) is 0 Å². The van der Waals surface area contributed by atoms with E-state index in [1.165, 1.54) is 11.3 Å². The summed E-state index contributed by atoms with van der Waals surface area (Å²) in [5.41, 5.74) is 6.43. The van der Waals surface area contributed by atoms with Gasteiger partial charge >= 0.3 is 0 Å². The first kappa shape index (κ1) is 24.7. The number of nitrogens with zero attached hydrogens (tertiary/aromatic N) is 5. The van der Waals surface area contributed by atoms with Crippen LogP contribution in [0.3, 0.4) is 0 Å². The third-order valence-corrected chi connectivity index (χ3v) is 8.38. The predicted octanol–water partition coefficient (Wildman–Crippen LogP) is 6.34. The Morgan fingerprint density at radius 1 is 1.05 bits per heavy atom. The van der Waals surface area contributed by atoms with Crippen LogP contribution < -0.4 is 0 Å². The average Bonchev–Trinajstić information content (AvgIpc) is 3.73. The number of ketones is 1. The summed E-state index contributed by atoms with van der Waals surface area (Å²) >= 11 is 1.43. The molecule has 0 unspecified atom stereocenters. The fraction of sp³-hybridized carbons (Fsp3) is 0.207. The number of rotatable bonds is 6. The van der Waals surface area contributed by atoms with Crippen LogP contribution in [0.2, 0.25) is 0 Å². The Labute approximate surface area is 231 Å². The summed E-state index contributed by atoms with van der Waals surface area (Å²) < 4.78 is 27.3. The van der Waals surface area contributed by atoms with Crippen LogP contribution in [0.4, 0.5) is 8.78 Å². The Bertz CT molecular complexity index is 1910. The van der Waals surface area contributed by atoms with Crippen LogP contribution in [0.5, 0.6) is 0 Å². The van der Waals surface area contributed by atoms with Gasteiger partial charge in [-0.25, -0.2) is 8.78 Å². The number of aromatic nitrogens is 6. The summed E-state index contributed by atoms with van der Waals surface area (Å²) in [6.45, 7) is 2.11. The molecule has 0 spiro atoms. The fourth-order valence-electron chi connectivity index (χ4n) is 5.23. The number of carbonyl (C=O) groups excluding carboxylic acids is 1. The minimum Gasteiger partial charge on any atom is -0.353 e. The van der Waals surface area contributed by atoms with Gasteiger partial charge in [-0.05, 0) is 48.9 Å². The summed E-state index contributed by atoms with van der Waals surface area (Å²) in [5.74, 6) is -2.60. The molecule has 0 aliphatic carbocycles. The van der Waals surface area contributed by atoms with Gasteiger partial charge in [0.2, 0.25) is 0 Å². The van der Waals surface area contributed by atoms with E-state index in [1.807, 2.05) is 36.4 Å². The summed E-state index contributed by atoms with van der Waals surface area (Å²) in [5, 5.41) is 9.45. The fourth-order valence-corrected chi connectivity index (χ4v) is 6.14. The maximum absolute atomic E-state index is 13.6. The van der Waals surface area contributed by atoms with Crippen molar-refractivity contribution >= 4 is 38.9 Å². The summed E-state index contributed by atoms with van der Waals surface area (Å²) in [4.78, 5) is 32.2. The number of Topliss-reactive ketones (excluding diaryl/α,β-unsaturated/α-hetero) is 1. The summed E-state index contributed by atoms with van der Waals surface area (Å²) in [7, 11) is 0. The molecule has 8 nitrogen and oxygen atoms in total. The maximum atomic E-state index is 13.6. The Balaban J connectivity index is 1.24. The Morgan fingerprint density at radius 3 is 2.73 bits per heavy atom. The molecule has 1 fully saturated rings. The number of hydrogen-bond acceptors (Lipinski definition) is 7. The summed E-state index contributed by atoms with van der Waals surface area (Å²) in [6, 6.07) is 11.6. The quantitative estimate of drug-likeness (QED) is 0.233. The smallest absolute Gasteiger partial charge is 0.261 e. The molecule has 6 aromatic heterocycles. The molecule has 0 radical (unpaired) electrons. The highest BCUT2D eigenvalue weighted by Crippen LogP contribution is 2.36. The lowest BCUT2D eigenvalue weighted by molar-refractivity contribution is 0.0115. The van der Waals surface area contributed by atoms with Crippen LogP contribution >= 0.6 is 11.3 Å². The zero-order valence-corrected chi connectivity index (χ0v) is 22.2. The zero-order chi connectivity index (χ0) is 27.4. The molecule has 0 amide bonds. The van der Waals surface area contributed by atoms with Crippen LogP contribution in [0.15, 0.2) is 61.2 Å². The maximum Gasteiger partial charge on any atom is 0.261 e. The lowest BCUT2D eigenvalue weighted by atomic mass is 10.1. The van der Waals surface area contributed by atoms with Crippen molar-refractivity contribution < 1.29 is 13.6 Å². The molecular weight excluding hydrogens is 532 g/mol. The molecule has 0 aromatic carbocycles. The van der Waals surface area contributed by atoms with Crippen molar-refractivity contribution in [1.82, 2.24) is 35.0 Å². The predicted molar refractivity (Wildman–Crippen MR) is 150 cm³/mol. The number of nitrogens with one attached hydrogen (secondary N) is 2. The van der Waals surface area contributed by atoms with Crippen LogP contribution in [-0.4, -0.2) is 59.8 Å². The topological polar surface area (TPSA) is 103 Å². The molecule has 0 saturated carbocycles. The SMILES string of the molecule is CC(=O)c1ccc(-c2nccc3[nH]c(-c4n[nH]c5cnc(-c6cncc(CN7CCC(F)(F)C7)c6)cc45)cc23)s1. The van der Waals surface area contributed by atoms with Gasteiger partial charge in [0.05, 0.1) is 45.1 Å². The minimum absolute atomic E-state index is 0.0314. The number of H-pyrrole nitrogens is 2. The Kier molecular flexibility index (Phi) is 5.79. The minimum atomic E-state index is -2.63. The van der Waals surface area contributed by atoms with Gasteiger partial charge < -0.3 is 4.98 Å². The second-order valence-electron chi connectivity index (χ2n) is 10.1. The second-order valence-corrected chi connectivity index (χ2v) is 11.2. The first-order valence-corrected chi connectivity index (χ1v) is 13.6. The highest BCUT2D eigenvalue weighted by Gasteiger charge is 2.37. The molecule has 40 heavy (non-hydrogen) atoms. The normalized spacial score (nSPS) is 15.4. The number of halogens is 2. The largest absolute Gasteiger partial charge is 0.353 e. The van der Waals surface area contributed by atoms with Gasteiger partial charge in [-0.1, -0.05) is 0 Å². The van der Waals surface area contributed by atoms with Crippen molar-refractivity contribution in [1.29, 1.82) is 0 Å². The van der Waals surface area contributed by atoms with E-state index < -0.39 is 5.92 Å². The molecule has 7 rings (SSSR count). The van der Waals surface area contributed by atoms with E-state index in [4.69, 9.17) is 0 Å². The number of carbonyl (C=O) groups is 1. The van der Waals surface area contributed by atoms with Gasteiger partial charge in [-0.3, -0.25) is 29.7 Å². The molecule has 2 N–H and O–H groups in total. The molecule has 200 valence electrons. The molecule has 1 aliphatic heterocycles. The third kappa shape index (κ3) is 4.46. The molecular formula is C29H23F2N7OS. The van der Waals surface area contributed by atoms with Gasteiger partial charge in [0.1, 0.15) is 5.69 Å². The van der Waals surface area contributed by atoms with E-state index in [2.05, 4.69) is 30.1 Å². The van der Waals surface area contributed by atoms with Gasteiger partial charge in [-0.2, -0.15) is 5.10 Å². The first-order valence-electron chi connectivity index (χ1n) is 12.8. The number of alkyl halides is 2. The lowest BCUT2D eigenvalue weighted by Crippen LogP contribution is -2.24. The molecule has 1 aliphatic rings. The van der Waals surface area contributed by atoms with Crippen molar-refractivity contribution in [3.8, 4) is 33.2 Å². The summed E-state index contributed by atoms with van der Waals surface area (Å²) in [6.07, 6.45) is 6.82. The monoisotopic (exact) mass is 555 g/mol. The van der Waals surface area contributed by atoms with Crippen LogP contribution in [-0.2, 0) is 6.54 Å². The van der Waals surface area contributed by atoms with Gasteiger partial charge in [0.25, 0.3) is 5.92 Å². The Hall–Kier alpha value is -4.35. The molecule has 0 atom stereocenters. The highest BCUT2D eigenvalue weighted by atomic mass is 32.1. The second kappa shape index (κ2) is 9.39. The van der Waals surface area contributed by atoms with Gasteiger partial charge in [-0.15, -0.1) is 11.3 Å². The van der Waals surface area contributed by atoms with Gasteiger partial charge in [0, 0.05) is 60.0 Å². The van der Waals surface area contributed by atoms with E-state index in [0.717, 1.165) is 54.9 Å². The van der Waals surface area contributed by atoms with E-state index >= 15 is 0 Å². The highest BCUT2D eigenvalue weighted by molar-refractivity contribution is 7.17. The van der Waals surface area contributed by atoms with Crippen molar-refractivity contribution in [3.05, 3.63) is 71.6 Å². The van der Waals surface area contributed by atoms with Crippen molar-refractivity contribution in [3.63, 3.8) is 0 Å². The molecule has 6 aromatic rings. The third-order valence-electron chi connectivity index (χ3n) is 7.18. The molecule has 0 bridgehead atoms. The average molecular weight is 556 g/mol. The van der Waals surface area contributed by atoms with E-state index in [0.29, 0.717) is 23.7 Å². The van der Waals surface area contributed by atoms with Crippen molar-refractivity contribution in [2.24, 2.45) is 0 Å². The Morgan fingerprint density at radius 2 is 1.93 bits per heavy atom. The van der Waals surface area contributed by atoms with Crippen LogP contribution in [0.25, 0.3) is 55.0 Å². The first-order chi connectivity index (χ1) is 19.3. The number of likely N-dealkylation sites (tertiary alicyclic amines) is 1. The van der Waals surface area contributed by atoms with Crippen LogP contribution in [0.1, 0.15) is 28.6 Å². The van der Waals surface area contributed by atoms with E-state index in [1.54, 1.807) is 36.6 Å². The zero-order valence-electron chi connectivity index (χ0n) is 21.4. The molecule has 11 heteroatoms. The number of fused-ring (bicyclic) bond motifs is 2. The standard InChI is InChI=1S/C29H23F2N7OS/c1-16(39)25-2-3-26(40-25)28-19-10-23(35-21(19)4-6-33-28)27-20-9-22(34-13-24(20)36-37-27)18-8-17(11-32-12-18)14-38-7-5-29(30,31)15-38/h2-4,6,8-13,35H,5,7,14-15H2,1H3,(H,36,37). The van der Waals surface area contributed by atoms with Crippen molar-refractivity contribution in [2.75, 3.05) is 13.1 Å². The lowest BCUT2D eigenvalue weighted by Gasteiger charge is -2.15. The number of thiophene rings is 1.